The van der Waals surface area contributed by atoms with E-state index >= 15 is 0 Å². The van der Waals surface area contributed by atoms with Gasteiger partial charge < -0.3 is 0 Å². The van der Waals surface area contributed by atoms with Crippen LogP contribution >= 0.6 is 0 Å². The van der Waals surface area contributed by atoms with Crippen molar-refractivity contribution in [2.45, 2.75) is 77.6 Å². The van der Waals surface area contributed by atoms with Crippen molar-refractivity contribution >= 4 is 37.7 Å². The van der Waals surface area contributed by atoms with Gasteiger partial charge in [-0.15, -0.1) is 0 Å². The molecule has 1 heteroatoms. The summed E-state index contributed by atoms with van der Waals surface area (Å²) in [6, 6.07) is 10.9. The molecule has 0 N–H and O–H groups in total. The molecule has 0 atom stereocenters. The third kappa shape index (κ3) is 12.0. The molecule has 104 valence electrons. The van der Waals surface area contributed by atoms with E-state index in [2.05, 4.69) is 37.3 Å². The van der Waals surface area contributed by atoms with Crippen LogP contribution in [-0.4, -0.2) is 37.7 Å². The number of benzene rings is 1. The largest absolute Gasteiger partial charge is 0.0654 e. The Labute approximate surface area is 150 Å². The minimum absolute atomic E-state index is 0. The summed E-state index contributed by atoms with van der Waals surface area (Å²) < 4.78 is 0. The fraction of sp³-hybridized carbons (Fsp3) is 0.667. The van der Waals surface area contributed by atoms with Crippen LogP contribution in [-0.2, 0) is 6.42 Å². The topological polar surface area (TPSA) is 0 Å². The van der Waals surface area contributed by atoms with Crippen LogP contribution in [0.15, 0.2) is 30.3 Å². The molecule has 0 unspecified atom stereocenters. The molecule has 0 aliphatic rings. The van der Waals surface area contributed by atoms with Gasteiger partial charge in [-0.1, -0.05) is 95.0 Å². The van der Waals surface area contributed by atoms with Gasteiger partial charge in [0.2, 0.25) is 0 Å². The predicted molar refractivity (Wildman–Crippen MR) is 87.7 cm³/mol. The van der Waals surface area contributed by atoms with Crippen LogP contribution in [0.5, 0.6) is 0 Å². The Kier molecular flexibility index (Phi) is 15.3. The fourth-order valence-electron chi connectivity index (χ4n) is 2.46. The second kappa shape index (κ2) is 14.9. The van der Waals surface area contributed by atoms with Gasteiger partial charge >= 0.3 is 0 Å². The van der Waals surface area contributed by atoms with E-state index in [1.807, 2.05) is 0 Å². The number of rotatable bonds is 11. The van der Waals surface area contributed by atoms with Gasteiger partial charge in [0.15, 0.2) is 0 Å². The second-order valence-corrected chi connectivity index (χ2v) is 5.42. The molecule has 0 aliphatic heterocycles. The van der Waals surface area contributed by atoms with Gasteiger partial charge in [0.1, 0.15) is 0 Å². The first kappa shape index (κ1) is 19.5. The van der Waals surface area contributed by atoms with Crippen LogP contribution < -0.4 is 0 Å². The summed E-state index contributed by atoms with van der Waals surface area (Å²) in [5.41, 5.74) is 1.50. The van der Waals surface area contributed by atoms with Gasteiger partial charge in [-0.05, 0) is 18.4 Å². The molecule has 1 aromatic rings. The molecule has 0 saturated heterocycles. The van der Waals surface area contributed by atoms with E-state index in [4.69, 9.17) is 0 Å². The van der Waals surface area contributed by atoms with Crippen LogP contribution in [0.25, 0.3) is 0 Å². The summed E-state index contributed by atoms with van der Waals surface area (Å²) in [5.74, 6) is 0. The van der Waals surface area contributed by atoms with Gasteiger partial charge in [-0.2, -0.15) is 0 Å². The Morgan fingerprint density at radius 1 is 0.632 bits per heavy atom. The molecule has 0 aliphatic carbocycles. The van der Waals surface area contributed by atoms with Gasteiger partial charge in [-0.25, -0.2) is 0 Å². The summed E-state index contributed by atoms with van der Waals surface area (Å²) in [7, 11) is 0. The van der Waals surface area contributed by atoms with Crippen LogP contribution in [0.3, 0.4) is 0 Å². The zero-order valence-corrected chi connectivity index (χ0v) is 15.1. The maximum absolute atomic E-state index is 2.28. The second-order valence-electron chi connectivity index (χ2n) is 5.42. The number of hydrogen-bond acceptors (Lipinski definition) is 0. The SMILES string of the molecule is CCCCCCCCCCCCc1ccccc1.[Ca]. The first-order chi connectivity index (χ1) is 8.93. The normalized spacial score (nSPS) is 10.2. The zero-order chi connectivity index (χ0) is 12.9. The third-order valence-corrected chi connectivity index (χ3v) is 3.66. The molecule has 0 amide bonds. The molecule has 0 heterocycles. The Bertz CT molecular complexity index is 268. The van der Waals surface area contributed by atoms with Gasteiger partial charge in [0, 0.05) is 37.7 Å². The predicted octanol–water partition coefficient (Wildman–Crippen LogP) is 5.77. The maximum atomic E-state index is 2.28. The summed E-state index contributed by atoms with van der Waals surface area (Å²) in [6.07, 6.45) is 15.5. The van der Waals surface area contributed by atoms with Gasteiger partial charge in [0.25, 0.3) is 0 Å². The number of unbranched alkanes of at least 4 members (excludes halogenated alkanes) is 9. The van der Waals surface area contributed by atoms with E-state index in [1.54, 1.807) is 0 Å². The smallest absolute Gasteiger partial charge is 0 e. The Morgan fingerprint density at radius 3 is 1.63 bits per heavy atom. The molecule has 1 rings (SSSR count). The van der Waals surface area contributed by atoms with E-state index in [-0.39, 0.29) is 37.7 Å². The van der Waals surface area contributed by atoms with E-state index in [1.165, 1.54) is 76.2 Å². The van der Waals surface area contributed by atoms with Crippen LogP contribution in [0, 0.1) is 0 Å². The van der Waals surface area contributed by atoms with Crippen LogP contribution in [0.2, 0.25) is 0 Å². The Hall–Kier alpha value is 0.480. The molecule has 0 fully saturated rings. The van der Waals surface area contributed by atoms with E-state index < -0.39 is 0 Å². The quantitative estimate of drug-likeness (QED) is 0.358. The van der Waals surface area contributed by atoms with Crippen molar-refractivity contribution < 1.29 is 0 Å². The van der Waals surface area contributed by atoms with Crippen molar-refractivity contribution in [2.24, 2.45) is 0 Å². The maximum Gasteiger partial charge on any atom is 0 e. The molecule has 19 heavy (non-hydrogen) atoms. The Balaban J connectivity index is 0.00000324. The van der Waals surface area contributed by atoms with Crippen LogP contribution in [0.1, 0.15) is 76.7 Å². The zero-order valence-electron chi connectivity index (χ0n) is 12.9. The molecular formula is C18H30Ca. The average Bonchev–Trinajstić information content (AvgIpc) is 2.42. The fourth-order valence-corrected chi connectivity index (χ4v) is 2.46. The Morgan fingerprint density at radius 2 is 1.11 bits per heavy atom. The molecule has 1 aromatic carbocycles. The van der Waals surface area contributed by atoms with Crippen molar-refractivity contribution in [2.75, 3.05) is 0 Å². The van der Waals surface area contributed by atoms with Crippen molar-refractivity contribution in [3.8, 4) is 0 Å². The minimum Gasteiger partial charge on any atom is -0.0654 e. The molecule has 0 bridgehead atoms. The average molecular weight is 287 g/mol. The van der Waals surface area contributed by atoms with E-state index in [0.717, 1.165) is 0 Å². The molecule has 0 nitrogen and oxygen atoms in total. The summed E-state index contributed by atoms with van der Waals surface area (Å²) >= 11 is 0. The summed E-state index contributed by atoms with van der Waals surface area (Å²) in [6.45, 7) is 2.28. The summed E-state index contributed by atoms with van der Waals surface area (Å²) in [4.78, 5) is 0. The van der Waals surface area contributed by atoms with E-state index in [0.29, 0.717) is 0 Å². The van der Waals surface area contributed by atoms with Crippen molar-refractivity contribution in [1.82, 2.24) is 0 Å². The van der Waals surface area contributed by atoms with Gasteiger partial charge in [0.05, 0.1) is 0 Å². The molecule has 0 spiro atoms. The van der Waals surface area contributed by atoms with Crippen molar-refractivity contribution in [3.05, 3.63) is 35.9 Å². The first-order valence-corrected chi connectivity index (χ1v) is 7.97. The molecular weight excluding hydrogens is 256 g/mol. The first-order valence-electron chi connectivity index (χ1n) is 7.97. The van der Waals surface area contributed by atoms with Crippen molar-refractivity contribution in [3.63, 3.8) is 0 Å². The molecule has 0 aromatic heterocycles. The van der Waals surface area contributed by atoms with Crippen molar-refractivity contribution in [1.29, 1.82) is 0 Å². The van der Waals surface area contributed by atoms with Crippen LogP contribution in [0.4, 0.5) is 0 Å². The molecule has 2 radical (unpaired) electrons. The standard InChI is InChI=1S/C18H30.Ca/c1-2-3-4-5-6-7-8-9-10-12-15-18-16-13-11-14-17-18;/h11,13-14,16-17H,2-10,12,15H2,1H3;. The van der Waals surface area contributed by atoms with Gasteiger partial charge in [-0.3, -0.25) is 0 Å². The number of hydrogen-bond donors (Lipinski definition) is 0. The minimum atomic E-state index is 0. The summed E-state index contributed by atoms with van der Waals surface area (Å²) in [5, 5.41) is 0. The third-order valence-electron chi connectivity index (χ3n) is 3.66. The molecule has 0 saturated carbocycles. The number of aryl methyl sites for hydroxylation is 1. The van der Waals surface area contributed by atoms with E-state index in [9.17, 15) is 0 Å². The monoisotopic (exact) mass is 286 g/mol.